The molecule has 2 aromatic carbocycles. The van der Waals surface area contributed by atoms with Crippen molar-refractivity contribution in [3.05, 3.63) is 65.7 Å². The number of benzene rings is 2. The van der Waals surface area contributed by atoms with Crippen LogP contribution in [0, 0.1) is 13.8 Å². The Balaban J connectivity index is 1.24. The molecule has 156 valence electrons. The second-order valence-electron chi connectivity index (χ2n) is 8.21. The average Bonchev–Trinajstić information content (AvgIpc) is 2.74. The number of nitrogens with zero attached hydrogens (tertiary/aromatic N) is 1. The van der Waals surface area contributed by atoms with Gasteiger partial charge in [0.15, 0.2) is 6.61 Å². The van der Waals surface area contributed by atoms with Crippen molar-refractivity contribution in [2.75, 3.05) is 11.9 Å². The standard InChI is InChI=1S/C25H29N3O2/c1-17-6-5-7-21(14-17)30-16-25(29)27-20-12-10-19(11-13-20)26-24-15-18(2)22-8-3-4-9-23(22)28-24/h3-9,14-15,19-20H,10-13,16H2,1-2H3,(H,26,28)(H,27,29)/t19-,20+. The number of fused-ring (bicyclic) bond motifs is 1. The van der Waals surface area contributed by atoms with Gasteiger partial charge in [0.05, 0.1) is 5.52 Å². The van der Waals surface area contributed by atoms with Gasteiger partial charge in [0.25, 0.3) is 5.91 Å². The second-order valence-corrected chi connectivity index (χ2v) is 8.21. The summed E-state index contributed by atoms with van der Waals surface area (Å²) in [6.07, 6.45) is 3.94. The van der Waals surface area contributed by atoms with Crippen LogP contribution >= 0.6 is 0 Å². The smallest absolute Gasteiger partial charge is 0.258 e. The molecule has 0 atom stereocenters. The molecule has 1 heterocycles. The molecule has 0 aliphatic heterocycles. The molecule has 2 N–H and O–H groups in total. The highest BCUT2D eigenvalue weighted by Gasteiger charge is 2.23. The molecule has 1 amide bonds. The number of ether oxygens (including phenoxy) is 1. The Bertz CT molecular complexity index is 1030. The first-order chi connectivity index (χ1) is 14.6. The Kier molecular flexibility index (Phi) is 6.17. The predicted octanol–water partition coefficient (Wildman–Crippen LogP) is 4.77. The van der Waals surface area contributed by atoms with Crippen LogP contribution in [0.3, 0.4) is 0 Å². The van der Waals surface area contributed by atoms with E-state index in [2.05, 4.69) is 35.8 Å². The highest BCUT2D eigenvalue weighted by atomic mass is 16.5. The molecule has 0 saturated heterocycles. The predicted molar refractivity (Wildman–Crippen MR) is 121 cm³/mol. The quantitative estimate of drug-likeness (QED) is 0.622. The van der Waals surface area contributed by atoms with Crippen LogP contribution in [0.25, 0.3) is 10.9 Å². The van der Waals surface area contributed by atoms with E-state index in [0.717, 1.165) is 48.3 Å². The number of aryl methyl sites for hydroxylation is 2. The molecule has 0 unspecified atom stereocenters. The van der Waals surface area contributed by atoms with Gasteiger partial charge in [0.2, 0.25) is 0 Å². The average molecular weight is 404 g/mol. The van der Waals surface area contributed by atoms with Crippen LogP contribution in [-0.2, 0) is 4.79 Å². The lowest BCUT2D eigenvalue weighted by Crippen LogP contribution is -2.42. The van der Waals surface area contributed by atoms with Gasteiger partial charge in [0.1, 0.15) is 11.6 Å². The number of amides is 1. The monoisotopic (exact) mass is 403 g/mol. The van der Waals surface area contributed by atoms with E-state index in [1.165, 1.54) is 10.9 Å². The van der Waals surface area contributed by atoms with E-state index in [1.807, 2.05) is 43.3 Å². The summed E-state index contributed by atoms with van der Waals surface area (Å²) < 4.78 is 5.60. The maximum Gasteiger partial charge on any atom is 0.258 e. The number of anilines is 1. The normalized spacial score (nSPS) is 18.7. The molecule has 1 aliphatic carbocycles. The van der Waals surface area contributed by atoms with Gasteiger partial charge < -0.3 is 15.4 Å². The highest BCUT2D eigenvalue weighted by Crippen LogP contribution is 2.25. The molecule has 30 heavy (non-hydrogen) atoms. The van der Waals surface area contributed by atoms with Crippen molar-refractivity contribution in [2.24, 2.45) is 0 Å². The molecule has 1 saturated carbocycles. The Labute approximate surface area is 177 Å². The van der Waals surface area contributed by atoms with Crippen molar-refractivity contribution in [2.45, 2.75) is 51.6 Å². The Morgan fingerprint density at radius 3 is 2.57 bits per heavy atom. The van der Waals surface area contributed by atoms with Crippen LogP contribution in [0.5, 0.6) is 5.75 Å². The number of para-hydroxylation sites is 1. The molecule has 5 nitrogen and oxygen atoms in total. The number of rotatable bonds is 6. The van der Waals surface area contributed by atoms with Gasteiger partial charge in [-0.3, -0.25) is 4.79 Å². The third-order valence-corrected chi connectivity index (χ3v) is 5.73. The van der Waals surface area contributed by atoms with Crippen molar-refractivity contribution in [3.63, 3.8) is 0 Å². The molecule has 3 aromatic rings. The molecule has 5 heteroatoms. The maximum atomic E-state index is 12.2. The lowest BCUT2D eigenvalue weighted by molar-refractivity contribution is -0.124. The number of hydrogen-bond donors (Lipinski definition) is 2. The first-order valence-corrected chi connectivity index (χ1v) is 10.7. The minimum Gasteiger partial charge on any atom is -0.484 e. The zero-order valence-electron chi connectivity index (χ0n) is 17.7. The molecule has 0 radical (unpaired) electrons. The molecule has 4 rings (SSSR count). The van der Waals surface area contributed by atoms with Crippen molar-refractivity contribution in [1.29, 1.82) is 0 Å². The zero-order chi connectivity index (χ0) is 20.9. The van der Waals surface area contributed by atoms with E-state index in [9.17, 15) is 4.79 Å². The molecule has 1 aromatic heterocycles. The van der Waals surface area contributed by atoms with E-state index in [1.54, 1.807) is 0 Å². The number of pyridine rings is 1. The highest BCUT2D eigenvalue weighted by molar-refractivity contribution is 5.83. The minimum atomic E-state index is -0.0558. The zero-order valence-corrected chi connectivity index (χ0v) is 17.7. The van der Waals surface area contributed by atoms with E-state index in [0.29, 0.717) is 6.04 Å². The van der Waals surface area contributed by atoms with Crippen LogP contribution in [-0.4, -0.2) is 29.6 Å². The topological polar surface area (TPSA) is 63.2 Å². The fourth-order valence-electron chi connectivity index (χ4n) is 4.14. The Morgan fingerprint density at radius 2 is 1.77 bits per heavy atom. The van der Waals surface area contributed by atoms with Gasteiger partial charge in [-0.15, -0.1) is 0 Å². The SMILES string of the molecule is Cc1cccc(OCC(=O)N[C@H]2CC[C@@H](Nc3cc(C)c4ccccc4n3)CC2)c1. The second kappa shape index (κ2) is 9.16. The van der Waals surface area contributed by atoms with Crippen molar-refractivity contribution < 1.29 is 9.53 Å². The minimum absolute atomic E-state index is 0.0558. The number of carbonyl (C=O) groups is 1. The van der Waals surface area contributed by atoms with Crippen molar-refractivity contribution in [3.8, 4) is 5.75 Å². The Hall–Kier alpha value is -3.08. The molecule has 1 fully saturated rings. The van der Waals surface area contributed by atoms with Crippen molar-refractivity contribution >= 4 is 22.6 Å². The van der Waals surface area contributed by atoms with Gasteiger partial charge in [-0.05, 0) is 74.9 Å². The third-order valence-electron chi connectivity index (χ3n) is 5.73. The van der Waals surface area contributed by atoms with Gasteiger partial charge in [-0.2, -0.15) is 0 Å². The summed E-state index contributed by atoms with van der Waals surface area (Å²) in [7, 11) is 0. The number of carbonyl (C=O) groups excluding carboxylic acids is 1. The first-order valence-electron chi connectivity index (χ1n) is 10.7. The van der Waals surface area contributed by atoms with Crippen molar-refractivity contribution in [1.82, 2.24) is 10.3 Å². The van der Waals surface area contributed by atoms with Crippen LogP contribution < -0.4 is 15.4 Å². The third kappa shape index (κ3) is 5.09. The summed E-state index contributed by atoms with van der Waals surface area (Å²) in [5.41, 5.74) is 3.38. The van der Waals surface area contributed by atoms with Gasteiger partial charge in [-0.1, -0.05) is 30.3 Å². The van der Waals surface area contributed by atoms with Gasteiger partial charge >= 0.3 is 0 Å². The summed E-state index contributed by atoms with van der Waals surface area (Å²) in [6.45, 7) is 4.19. The fourth-order valence-corrected chi connectivity index (χ4v) is 4.14. The van der Waals surface area contributed by atoms with Crippen LogP contribution in [0.2, 0.25) is 0 Å². The van der Waals surface area contributed by atoms with E-state index >= 15 is 0 Å². The van der Waals surface area contributed by atoms with Crippen LogP contribution in [0.15, 0.2) is 54.6 Å². The number of hydrogen-bond acceptors (Lipinski definition) is 4. The first kappa shape index (κ1) is 20.2. The Morgan fingerprint density at radius 1 is 1.00 bits per heavy atom. The summed E-state index contributed by atoms with van der Waals surface area (Å²) in [6, 6.07) is 18.7. The molecule has 0 spiro atoms. The number of nitrogens with one attached hydrogen (secondary N) is 2. The van der Waals surface area contributed by atoms with Crippen LogP contribution in [0.4, 0.5) is 5.82 Å². The largest absolute Gasteiger partial charge is 0.484 e. The van der Waals surface area contributed by atoms with Crippen LogP contribution in [0.1, 0.15) is 36.8 Å². The van der Waals surface area contributed by atoms with Gasteiger partial charge in [-0.25, -0.2) is 4.98 Å². The summed E-state index contributed by atoms with van der Waals surface area (Å²) >= 11 is 0. The molecule has 1 aliphatic rings. The lowest BCUT2D eigenvalue weighted by atomic mass is 9.91. The summed E-state index contributed by atoms with van der Waals surface area (Å²) in [5, 5.41) is 7.90. The van der Waals surface area contributed by atoms with E-state index < -0.39 is 0 Å². The maximum absolute atomic E-state index is 12.2. The van der Waals surface area contributed by atoms with E-state index in [-0.39, 0.29) is 18.6 Å². The van der Waals surface area contributed by atoms with Gasteiger partial charge in [0, 0.05) is 17.5 Å². The number of aromatic nitrogens is 1. The summed E-state index contributed by atoms with van der Waals surface area (Å²) in [5.74, 6) is 1.61. The fraction of sp³-hybridized carbons (Fsp3) is 0.360. The molecular weight excluding hydrogens is 374 g/mol. The lowest BCUT2D eigenvalue weighted by Gasteiger charge is -2.30. The summed E-state index contributed by atoms with van der Waals surface area (Å²) in [4.78, 5) is 17.0. The molecular formula is C25H29N3O2. The molecule has 0 bridgehead atoms. The van der Waals surface area contributed by atoms with E-state index in [4.69, 9.17) is 9.72 Å².